The minimum Gasteiger partial charge on any atom is -0.490 e. The Labute approximate surface area is 256 Å². The van der Waals surface area contributed by atoms with Crippen molar-refractivity contribution in [3.8, 4) is 5.75 Å². The topological polar surface area (TPSA) is 93.7 Å². The normalized spacial score (nSPS) is 13.1. The summed E-state index contributed by atoms with van der Waals surface area (Å²) < 4.78 is 11.6. The van der Waals surface area contributed by atoms with Crippen LogP contribution >= 0.6 is 0 Å². The number of hydrogen-bond donors (Lipinski definition) is 2. The molecule has 0 aliphatic rings. The zero-order valence-corrected chi connectivity index (χ0v) is 26.7. The van der Waals surface area contributed by atoms with Crippen LogP contribution in [0.4, 0.5) is 11.4 Å². The van der Waals surface area contributed by atoms with E-state index in [1.165, 1.54) is 12.7 Å². The summed E-state index contributed by atoms with van der Waals surface area (Å²) in [6.45, 7) is 15.1. The van der Waals surface area contributed by atoms with Crippen LogP contribution in [0.2, 0.25) is 0 Å². The highest BCUT2D eigenvalue weighted by molar-refractivity contribution is 6.18. The Morgan fingerprint density at radius 3 is 2.07 bits per heavy atom. The van der Waals surface area contributed by atoms with Gasteiger partial charge in [-0.05, 0) is 66.5 Å². The van der Waals surface area contributed by atoms with Crippen LogP contribution in [0.25, 0.3) is 0 Å². The number of anilines is 2. The van der Waals surface area contributed by atoms with E-state index in [4.69, 9.17) is 9.47 Å². The van der Waals surface area contributed by atoms with Gasteiger partial charge in [0.15, 0.2) is 6.10 Å². The Hall–Kier alpha value is -3.97. The summed E-state index contributed by atoms with van der Waals surface area (Å²) in [6.07, 6.45) is 0.205. The quantitative estimate of drug-likeness (QED) is 0.149. The molecule has 0 spiro atoms. The third kappa shape index (κ3) is 8.54. The fraction of sp³-hybridized carbons (Fsp3) is 0.417. The van der Waals surface area contributed by atoms with Gasteiger partial charge in [-0.2, -0.15) is 0 Å². The Morgan fingerprint density at radius 2 is 1.44 bits per heavy atom. The second-order valence-corrected chi connectivity index (χ2v) is 12.2. The standard InChI is InChI=1S/C36H46N2O5/c1-9-35(4,5)25-20-21-30(28(23-25)36(6,7)10-2)43-24(3)22-31(39)38-29-19-15-14-18-27(29)32(40)33(42-8)34(41)37-26-16-12-11-13-17-26/h11-21,23-24,33H,9-10,22H2,1-8H3,(H,37,41)(H,38,39). The number of methoxy groups -OCH3 is 1. The lowest BCUT2D eigenvalue weighted by molar-refractivity contribution is -0.123. The molecule has 2 N–H and O–H groups in total. The summed E-state index contributed by atoms with van der Waals surface area (Å²) >= 11 is 0. The molecule has 3 rings (SSSR count). The molecular weight excluding hydrogens is 540 g/mol. The molecule has 0 bridgehead atoms. The van der Waals surface area contributed by atoms with Gasteiger partial charge in [0.05, 0.1) is 12.1 Å². The van der Waals surface area contributed by atoms with Crippen molar-refractivity contribution in [3.05, 3.63) is 89.5 Å². The van der Waals surface area contributed by atoms with Crippen molar-refractivity contribution in [1.82, 2.24) is 0 Å². The molecule has 43 heavy (non-hydrogen) atoms. The molecule has 0 aromatic heterocycles. The lowest BCUT2D eigenvalue weighted by Gasteiger charge is -2.31. The smallest absolute Gasteiger partial charge is 0.261 e. The van der Waals surface area contributed by atoms with Crippen molar-refractivity contribution >= 4 is 29.0 Å². The number of carbonyl (C=O) groups excluding carboxylic acids is 3. The highest BCUT2D eigenvalue weighted by atomic mass is 16.5. The number of carbonyl (C=O) groups is 3. The van der Waals surface area contributed by atoms with Crippen molar-refractivity contribution in [2.24, 2.45) is 0 Å². The molecular formula is C36H46N2O5. The predicted molar refractivity (Wildman–Crippen MR) is 173 cm³/mol. The Bertz CT molecular complexity index is 1410. The molecule has 3 aromatic rings. The van der Waals surface area contributed by atoms with Crippen LogP contribution in [0.15, 0.2) is 72.8 Å². The molecule has 0 saturated carbocycles. The van der Waals surface area contributed by atoms with E-state index < -0.39 is 23.9 Å². The van der Waals surface area contributed by atoms with Gasteiger partial charge in [0.1, 0.15) is 11.9 Å². The molecule has 0 aliphatic carbocycles. The first-order valence-electron chi connectivity index (χ1n) is 15.0. The molecule has 2 amide bonds. The van der Waals surface area contributed by atoms with Gasteiger partial charge in [0, 0.05) is 23.9 Å². The second-order valence-electron chi connectivity index (χ2n) is 12.2. The lowest BCUT2D eigenvalue weighted by atomic mass is 9.76. The predicted octanol–water partition coefficient (Wildman–Crippen LogP) is 7.69. The minimum atomic E-state index is -1.39. The maximum atomic E-state index is 13.4. The highest BCUT2D eigenvalue weighted by Gasteiger charge is 2.30. The largest absolute Gasteiger partial charge is 0.490 e. The van der Waals surface area contributed by atoms with Crippen molar-refractivity contribution in [2.45, 2.75) is 90.8 Å². The molecule has 0 fully saturated rings. The molecule has 230 valence electrons. The third-order valence-corrected chi connectivity index (χ3v) is 8.28. The minimum absolute atomic E-state index is 0.0392. The van der Waals surface area contributed by atoms with Crippen LogP contribution in [-0.4, -0.2) is 36.9 Å². The van der Waals surface area contributed by atoms with Gasteiger partial charge >= 0.3 is 0 Å². The van der Waals surface area contributed by atoms with Crippen LogP contribution < -0.4 is 15.4 Å². The number of benzene rings is 3. The zero-order valence-electron chi connectivity index (χ0n) is 26.7. The summed E-state index contributed by atoms with van der Waals surface area (Å²) in [7, 11) is 1.30. The van der Waals surface area contributed by atoms with Crippen molar-refractivity contribution < 1.29 is 23.9 Å². The number of ether oxygens (including phenoxy) is 2. The van der Waals surface area contributed by atoms with Gasteiger partial charge < -0.3 is 20.1 Å². The molecule has 2 unspecified atom stereocenters. The number of para-hydroxylation sites is 2. The number of hydrogen-bond acceptors (Lipinski definition) is 5. The molecule has 7 heteroatoms. The molecule has 7 nitrogen and oxygen atoms in total. The van der Waals surface area contributed by atoms with E-state index in [2.05, 4.69) is 64.3 Å². The highest BCUT2D eigenvalue weighted by Crippen LogP contribution is 2.39. The van der Waals surface area contributed by atoms with E-state index in [9.17, 15) is 14.4 Å². The fourth-order valence-electron chi connectivity index (χ4n) is 4.71. The number of Topliss-reactive ketones (excluding diaryl/α,β-unsaturated/α-hetero) is 1. The first-order valence-corrected chi connectivity index (χ1v) is 15.0. The van der Waals surface area contributed by atoms with E-state index in [0.717, 1.165) is 24.2 Å². The third-order valence-electron chi connectivity index (χ3n) is 8.28. The molecule has 2 atom stereocenters. The Morgan fingerprint density at radius 1 is 0.814 bits per heavy atom. The molecule has 0 radical (unpaired) electrons. The van der Waals surface area contributed by atoms with Gasteiger partial charge in [0.25, 0.3) is 5.91 Å². The lowest BCUT2D eigenvalue weighted by Crippen LogP contribution is -2.37. The summed E-state index contributed by atoms with van der Waals surface area (Å²) in [6, 6.07) is 21.8. The van der Waals surface area contributed by atoms with E-state index in [1.54, 1.807) is 48.5 Å². The van der Waals surface area contributed by atoms with E-state index in [1.807, 2.05) is 19.1 Å². The van der Waals surface area contributed by atoms with E-state index in [-0.39, 0.29) is 28.7 Å². The molecule has 3 aromatic carbocycles. The van der Waals surface area contributed by atoms with Gasteiger partial charge in [-0.15, -0.1) is 0 Å². The first kappa shape index (κ1) is 33.5. The summed E-state index contributed by atoms with van der Waals surface area (Å²) in [4.78, 5) is 39.4. The first-order chi connectivity index (χ1) is 20.3. The maximum Gasteiger partial charge on any atom is 0.261 e. The van der Waals surface area contributed by atoms with Crippen molar-refractivity contribution in [3.63, 3.8) is 0 Å². The average molecular weight is 587 g/mol. The summed E-state index contributed by atoms with van der Waals surface area (Å²) in [5.74, 6) is -0.695. The van der Waals surface area contributed by atoms with Gasteiger partial charge in [0.2, 0.25) is 11.7 Å². The Kier molecular flexibility index (Phi) is 11.3. The maximum absolute atomic E-state index is 13.4. The average Bonchev–Trinajstić information content (AvgIpc) is 2.98. The SMILES string of the molecule is CCC(C)(C)c1ccc(OC(C)CC(=O)Nc2ccccc2C(=O)C(OC)C(=O)Nc2ccccc2)c(C(C)(C)CC)c1. The van der Waals surface area contributed by atoms with Crippen molar-refractivity contribution in [2.75, 3.05) is 17.7 Å². The summed E-state index contributed by atoms with van der Waals surface area (Å²) in [5.41, 5.74) is 3.35. The molecule has 0 saturated heterocycles. The number of amides is 2. The van der Waals surface area contributed by atoms with Crippen LogP contribution in [0, 0.1) is 0 Å². The molecule has 0 aliphatic heterocycles. The zero-order chi connectivity index (χ0) is 31.8. The number of ketones is 1. The van der Waals surface area contributed by atoms with Gasteiger partial charge in [-0.3, -0.25) is 14.4 Å². The van der Waals surface area contributed by atoms with Gasteiger partial charge in [-0.1, -0.05) is 84.0 Å². The van der Waals surface area contributed by atoms with E-state index in [0.29, 0.717) is 11.4 Å². The second kappa shape index (κ2) is 14.5. The van der Waals surface area contributed by atoms with Crippen LogP contribution in [0.5, 0.6) is 5.75 Å². The van der Waals surface area contributed by atoms with Crippen LogP contribution in [0.1, 0.15) is 89.2 Å². The number of nitrogens with one attached hydrogen (secondary N) is 2. The van der Waals surface area contributed by atoms with Crippen molar-refractivity contribution in [1.29, 1.82) is 0 Å². The fourth-order valence-corrected chi connectivity index (χ4v) is 4.71. The monoisotopic (exact) mass is 586 g/mol. The number of rotatable bonds is 14. The summed E-state index contributed by atoms with van der Waals surface area (Å²) in [5, 5.41) is 5.54. The van der Waals surface area contributed by atoms with Crippen LogP contribution in [0.3, 0.4) is 0 Å². The van der Waals surface area contributed by atoms with Gasteiger partial charge in [-0.25, -0.2) is 0 Å². The Balaban J connectivity index is 1.74. The molecule has 0 heterocycles. The van der Waals surface area contributed by atoms with Crippen LogP contribution in [-0.2, 0) is 25.2 Å². The van der Waals surface area contributed by atoms with E-state index >= 15 is 0 Å².